The summed E-state index contributed by atoms with van der Waals surface area (Å²) in [5, 5.41) is 2.93. The maximum absolute atomic E-state index is 13.2. The van der Waals surface area contributed by atoms with Crippen LogP contribution in [0.3, 0.4) is 0 Å². The number of rotatable bonds is 7. The van der Waals surface area contributed by atoms with Crippen molar-refractivity contribution < 1.29 is 23.5 Å². The van der Waals surface area contributed by atoms with Crippen molar-refractivity contribution >= 4 is 17.5 Å². The molecule has 0 spiro atoms. The third-order valence-corrected chi connectivity index (χ3v) is 5.72. The summed E-state index contributed by atoms with van der Waals surface area (Å²) in [5.74, 6) is -0.0553. The van der Waals surface area contributed by atoms with Crippen LogP contribution in [0.4, 0.5) is 10.1 Å². The standard InChI is InChI=1S/C26H26FN3O4/c1-33-23-11-10-22(14-24(23)34-17-18-4-2-12-28-15-18)29-25(31)20-5-3-13-30(16-20)26(32)19-6-8-21(27)9-7-19/h2,4,6-12,14-15,20H,3,5,13,16-17H2,1H3,(H,29,31). The average Bonchev–Trinajstić information content (AvgIpc) is 2.88. The molecule has 2 heterocycles. The van der Waals surface area contributed by atoms with Gasteiger partial charge < -0.3 is 19.7 Å². The van der Waals surface area contributed by atoms with Crippen molar-refractivity contribution in [3.63, 3.8) is 0 Å². The fraction of sp³-hybridized carbons (Fsp3) is 0.269. The number of aromatic nitrogens is 1. The van der Waals surface area contributed by atoms with E-state index in [1.807, 2.05) is 12.1 Å². The number of halogens is 1. The number of ether oxygens (including phenoxy) is 2. The highest BCUT2D eigenvalue weighted by molar-refractivity contribution is 5.96. The van der Waals surface area contributed by atoms with Gasteiger partial charge in [0.2, 0.25) is 5.91 Å². The second-order valence-electron chi connectivity index (χ2n) is 8.10. The SMILES string of the molecule is COc1ccc(NC(=O)C2CCCN(C(=O)c3ccc(F)cc3)C2)cc1OCc1cccnc1. The Morgan fingerprint density at radius 3 is 2.71 bits per heavy atom. The van der Waals surface area contributed by atoms with E-state index < -0.39 is 5.82 Å². The monoisotopic (exact) mass is 463 g/mol. The number of carbonyl (C=O) groups is 2. The number of nitrogens with one attached hydrogen (secondary N) is 1. The van der Waals surface area contributed by atoms with Crippen molar-refractivity contribution in [3.05, 3.63) is 83.9 Å². The van der Waals surface area contributed by atoms with E-state index in [0.717, 1.165) is 5.56 Å². The molecule has 7 nitrogen and oxygen atoms in total. The molecule has 1 aromatic heterocycles. The zero-order valence-electron chi connectivity index (χ0n) is 18.9. The second-order valence-corrected chi connectivity index (χ2v) is 8.10. The van der Waals surface area contributed by atoms with E-state index in [0.29, 0.717) is 55.3 Å². The van der Waals surface area contributed by atoms with E-state index in [1.54, 1.807) is 42.6 Å². The van der Waals surface area contributed by atoms with Gasteiger partial charge in [0.15, 0.2) is 11.5 Å². The first-order valence-electron chi connectivity index (χ1n) is 11.1. The van der Waals surface area contributed by atoms with Crippen molar-refractivity contribution in [2.45, 2.75) is 19.4 Å². The molecule has 34 heavy (non-hydrogen) atoms. The number of methoxy groups -OCH3 is 1. The molecule has 1 aliphatic heterocycles. The summed E-state index contributed by atoms with van der Waals surface area (Å²) in [5.41, 5.74) is 1.90. The summed E-state index contributed by atoms with van der Waals surface area (Å²) >= 11 is 0. The first-order valence-corrected chi connectivity index (χ1v) is 11.1. The molecule has 1 aliphatic rings. The molecular formula is C26H26FN3O4. The van der Waals surface area contributed by atoms with Gasteiger partial charge in [-0.25, -0.2) is 4.39 Å². The highest BCUT2D eigenvalue weighted by Crippen LogP contribution is 2.31. The van der Waals surface area contributed by atoms with E-state index >= 15 is 0 Å². The summed E-state index contributed by atoms with van der Waals surface area (Å²) in [6.07, 6.45) is 4.81. The largest absolute Gasteiger partial charge is 0.493 e. The van der Waals surface area contributed by atoms with E-state index in [1.165, 1.54) is 24.3 Å². The fourth-order valence-electron chi connectivity index (χ4n) is 3.91. The number of anilines is 1. The summed E-state index contributed by atoms with van der Waals surface area (Å²) in [7, 11) is 1.55. The van der Waals surface area contributed by atoms with Gasteiger partial charge in [0, 0.05) is 48.4 Å². The van der Waals surface area contributed by atoms with E-state index in [2.05, 4.69) is 10.3 Å². The summed E-state index contributed by atoms with van der Waals surface area (Å²) in [6, 6.07) is 14.4. The van der Waals surface area contributed by atoms with E-state index in [-0.39, 0.29) is 17.7 Å². The van der Waals surface area contributed by atoms with Crippen LogP contribution < -0.4 is 14.8 Å². The predicted molar refractivity (Wildman–Crippen MR) is 125 cm³/mol. The van der Waals surface area contributed by atoms with Crippen LogP contribution in [0, 0.1) is 11.7 Å². The first-order chi connectivity index (χ1) is 16.5. The summed E-state index contributed by atoms with van der Waals surface area (Å²) in [4.78, 5) is 31.5. The lowest BCUT2D eigenvalue weighted by molar-refractivity contribution is -0.121. The highest BCUT2D eigenvalue weighted by Gasteiger charge is 2.29. The zero-order valence-corrected chi connectivity index (χ0v) is 18.9. The van der Waals surface area contributed by atoms with E-state index in [9.17, 15) is 14.0 Å². The van der Waals surface area contributed by atoms with E-state index in [4.69, 9.17) is 9.47 Å². The molecule has 0 radical (unpaired) electrons. The maximum Gasteiger partial charge on any atom is 0.253 e. The number of amides is 2. The third-order valence-electron chi connectivity index (χ3n) is 5.72. The van der Waals surface area contributed by atoms with Crippen molar-refractivity contribution in [2.75, 3.05) is 25.5 Å². The molecule has 0 bridgehead atoms. The summed E-state index contributed by atoms with van der Waals surface area (Å²) in [6.45, 7) is 1.18. The Balaban J connectivity index is 1.40. The Bertz CT molecular complexity index is 1140. The van der Waals surface area contributed by atoms with Gasteiger partial charge in [0.05, 0.1) is 13.0 Å². The fourth-order valence-corrected chi connectivity index (χ4v) is 3.91. The molecule has 3 aromatic rings. The van der Waals surface area contributed by atoms with Gasteiger partial charge in [0.1, 0.15) is 12.4 Å². The number of pyridine rings is 1. The molecule has 2 aromatic carbocycles. The van der Waals surface area contributed by atoms with Gasteiger partial charge in [-0.05, 0) is 55.3 Å². The topological polar surface area (TPSA) is 80.8 Å². The van der Waals surface area contributed by atoms with Crippen LogP contribution in [-0.2, 0) is 11.4 Å². The first kappa shape index (κ1) is 23.2. The molecule has 0 aliphatic carbocycles. The molecule has 2 amide bonds. The van der Waals surface area contributed by atoms with Gasteiger partial charge in [-0.2, -0.15) is 0 Å². The van der Waals surface area contributed by atoms with Crippen molar-refractivity contribution in [3.8, 4) is 11.5 Å². The second kappa shape index (κ2) is 10.8. The third kappa shape index (κ3) is 5.70. The van der Waals surface area contributed by atoms with Crippen LogP contribution in [0.25, 0.3) is 0 Å². The van der Waals surface area contributed by atoms with Gasteiger partial charge in [-0.3, -0.25) is 14.6 Å². The molecule has 1 unspecified atom stereocenters. The predicted octanol–water partition coefficient (Wildman–Crippen LogP) is 4.30. The lowest BCUT2D eigenvalue weighted by Gasteiger charge is -2.32. The maximum atomic E-state index is 13.2. The van der Waals surface area contributed by atoms with Crippen molar-refractivity contribution in [1.82, 2.24) is 9.88 Å². The molecule has 0 saturated carbocycles. The normalized spacial score (nSPS) is 15.5. The van der Waals surface area contributed by atoms with Crippen molar-refractivity contribution in [1.29, 1.82) is 0 Å². The Labute approximate surface area is 197 Å². The lowest BCUT2D eigenvalue weighted by atomic mass is 9.96. The van der Waals surface area contributed by atoms with Gasteiger partial charge in [-0.15, -0.1) is 0 Å². The Hall–Kier alpha value is -3.94. The number of hydrogen-bond donors (Lipinski definition) is 1. The molecule has 8 heteroatoms. The number of hydrogen-bond acceptors (Lipinski definition) is 5. The number of carbonyl (C=O) groups excluding carboxylic acids is 2. The smallest absolute Gasteiger partial charge is 0.253 e. The number of likely N-dealkylation sites (tertiary alicyclic amines) is 1. The quantitative estimate of drug-likeness (QED) is 0.565. The highest BCUT2D eigenvalue weighted by atomic mass is 19.1. The number of benzene rings is 2. The van der Waals surface area contributed by atoms with Crippen LogP contribution >= 0.6 is 0 Å². The Morgan fingerprint density at radius 1 is 1.15 bits per heavy atom. The molecule has 4 rings (SSSR count). The van der Waals surface area contributed by atoms with Gasteiger partial charge in [-0.1, -0.05) is 6.07 Å². The average molecular weight is 464 g/mol. The number of nitrogens with zero attached hydrogens (tertiary/aromatic N) is 2. The molecule has 1 atom stereocenters. The molecule has 1 N–H and O–H groups in total. The minimum Gasteiger partial charge on any atom is -0.493 e. The van der Waals surface area contributed by atoms with Crippen molar-refractivity contribution in [2.24, 2.45) is 5.92 Å². The van der Waals surface area contributed by atoms with Gasteiger partial charge >= 0.3 is 0 Å². The van der Waals surface area contributed by atoms with Crippen LogP contribution in [0.5, 0.6) is 11.5 Å². The Kier molecular flexibility index (Phi) is 7.37. The summed E-state index contributed by atoms with van der Waals surface area (Å²) < 4.78 is 24.5. The van der Waals surface area contributed by atoms with Gasteiger partial charge in [0.25, 0.3) is 5.91 Å². The number of piperidine rings is 1. The Morgan fingerprint density at radius 2 is 1.97 bits per heavy atom. The molecule has 1 saturated heterocycles. The van der Waals surface area contributed by atoms with Crippen LogP contribution in [-0.4, -0.2) is 41.9 Å². The zero-order chi connectivity index (χ0) is 23.9. The lowest BCUT2D eigenvalue weighted by Crippen LogP contribution is -2.43. The van der Waals surface area contributed by atoms with Crippen LogP contribution in [0.15, 0.2) is 67.0 Å². The minimum absolute atomic E-state index is 0.167. The molecule has 1 fully saturated rings. The van der Waals surface area contributed by atoms with Crippen LogP contribution in [0.2, 0.25) is 0 Å². The van der Waals surface area contributed by atoms with Crippen LogP contribution in [0.1, 0.15) is 28.8 Å². The minimum atomic E-state index is -0.393. The molecular weight excluding hydrogens is 437 g/mol. The molecule has 176 valence electrons.